The van der Waals surface area contributed by atoms with Crippen LogP contribution < -0.4 is 0 Å². The molecule has 5 nitrogen and oxygen atoms in total. The second-order valence-corrected chi connectivity index (χ2v) is 7.33. The maximum atomic E-state index is 12.6. The quantitative estimate of drug-likeness (QED) is 0.489. The molecule has 0 spiro atoms. The van der Waals surface area contributed by atoms with E-state index in [1.165, 1.54) is 18.2 Å². The SMILES string of the molecule is CS(=O)(=O)OCCC=Cc1nc(-c2ccc(C(F)(F)F)cc2)c(Br)o1. The predicted octanol–water partition coefficient (Wildman–Crippen LogP) is 4.50. The molecule has 0 fully saturated rings. The largest absolute Gasteiger partial charge is 0.429 e. The standard InChI is InChI=1S/C15H13BrF3NO4S/c1-25(21,22)23-9-3-2-4-12-20-13(14(16)24-12)10-5-7-11(8-6-10)15(17,18)19/h2,4-8H,3,9H2,1H3. The van der Waals surface area contributed by atoms with Crippen molar-refractivity contribution in [1.29, 1.82) is 0 Å². The fraction of sp³-hybridized carbons (Fsp3) is 0.267. The Bertz CT molecular complexity index is 858. The van der Waals surface area contributed by atoms with E-state index in [4.69, 9.17) is 4.42 Å². The number of aromatic nitrogens is 1. The minimum absolute atomic E-state index is 0.0109. The van der Waals surface area contributed by atoms with Crippen molar-refractivity contribution >= 4 is 32.1 Å². The zero-order chi connectivity index (χ0) is 18.7. The molecule has 0 unspecified atom stereocenters. The maximum Gasteiger partial charge on any atom is 0.416 e. The summed E-state index contributed by atoms with van der Waals surface area (Å²) in [5.41, 5.74) is 0.0753. The summed E-state index contributed by atoms with van der Waals surface area (Å²) in [5, 5.41) is 0. The lowest BCUT2D eigenvalue weighted by Gasteiger charge is -2.06. The third-order valence-corrected chi connectivity index (χ3v) is 4.06. The van der Waals surface area contributed by atoms with Crippen molar-refractivity contribution in [2.75, 3.05) is 12.9 Å². The van der Waals surface area contributed by atoms with E-state index in [0.29, 0.717) is 17.7 Å². The summed E-state index contributed by atoms with van der Waals surface area (Å²) in [4.78, 5) is 4.18. The molecule has 0 radical (unpaired) electrons. The van der Waals surface area contributed by atoms with Gasteiger partial charge in [0, 0.05) is 5.56 Å². The Morgan fingerprint density at radius 3 is 2.48 bits per heavy atom. The van der Waals surface area contributed by atoms with Crippen LogP contribution in [0.2, 0.25) is 0 Å². The summed E-state index contributed by atoms with van der Waals surface area (Å²) in [7, 11) is -3.48. The lowest BCUT2D eigenvalue weighted by molar-refractivity contribution is -0.137. The molecule has 2 aromatic rings. The minimum Gasteiger partial charge on any atom is -0.429 e. The molecule has 1 aromatic carbocycles. The Hall–Kier alpha value is -1.65. The first-order chi connectivity index (χ1) is 11.6. The van der Waals surface area contributed by atoms with Crippen molar-refractivity contribution in [3.8, 4) is 11.3 Å². The van der Waals surface area contributed by atoms with E-state index in [9.17, 15) is 21.6 Å². The van der Waals surface area contributed by atoms with Gasteiger partial charge in [-0.1, -0.05) is 18.2 Å². The van der Waals surface area contributed by atoms with Crippen LogP contribution in [0, 0.1) is 0 Å². The van der Waals surface area contributed by atoms with Gasteiger partial charge in [-0.15, -0.1) is 0 Å². The smallest absolute Gasteiger partial charge is 0.416 e. The molecule has 0 saturated carbocycles. The molecule has 0 atom stereocenters. The second kappa shape index (κ2) is 7.71. The number of halogens is 4. The van der Waals surface area contributed by atoms with Gasteiger partial charge in [0.2, 0.25) is 5.89 Å². The van der Waals surface area contributed by atoms with Crippen molar-refractivity contribution in [2.24, 2.45) is 0 Å². The van der Waals surface area contributed by atoms with Crippen LogP contribution in [0.25, 0.3) is 17.3 Å². The summed E-state index contributed by atoms with van der Waals surface area (Å²) >= 11 is 3.17. The molecule has 2 rings (SSSR count). The molecule has 1 heterocycles. The first-order valence-corrected chi connectivity index (χ1v) is 9.52. The van der Waals surface area contributed by atoms with Gasteiger partial charge in [-0.05, 0) is 40.6 Å². The summed E-state index contributed by atoms with van der Waals surface area (Å²) in [5.74, 6) is 0.223. The number of rotatable bonds is 6. The van der Waals surface area contributed by atoms with Crippen LogP contribution in [0.15, 0.2) is 39.4 Å². The fourth-order valence-electron chi connectivity index (χ4n) is 1.84. The van der Waals surface area contributed by atoms with E-state index in [-0.39, 0.29) is 17.2 Å². The van der Waals surface area contributed by atoms with E-state index >= 15 is 0 Å². The van der Waals surface area contributed by atoms with Gasteiger partial charge < -0.3 is 4.42 Å². The summed E-state index contributed by atoms with van der Waals surface area (Å²) in [6.45, 7) is -0.0109. The Kier molecular flexibility index (Phi) is 6.07. The zero-order valence-corrected chi connectivity index (χ0v) is 15.3. The topological polar surface area (TPSA) is 69.4 Å². The van der Waals surface area contributed by atoms with Crippen LogP contribution in [-0.2, 0) is 20.5 Å². The maximum absolute atomic E-state index is 12.6. The van der Waals surface area contributed by atoms with Gasteiger partial charge in [0.1, 0.15) is 5.69 Å². The summed E-state index contributed by atoms with van der Waals surface area (Å²) in [6.07, 6.45) is 0.00637. The molecule has 0 amide bonds. The van der Waals surface area contributed by atoms with Gasteiger partial charge in [0.15, 0.2) is 4.67 Å². The number of benzene rings is 1. The molecule has 0 saturated heterocycles. The molecular weight excluding hydrogens is 427 g/mol. The number of nitrogens with zero attached hydrogens (tertiary/aromatic N) is 1. The average molecular weight is 440 g/mol. The minimum atomic E-state index is -4.40. The molecule has 25 heavy (non-hydrogen) atoms. The Labute approximate surface area is 150 Å². The number of hydrogen-bond acceptors (Lipinski definition) is 5. The second-order valence-electron chi connectivity index (χ2n) is 4.97. The van der Waals surface area contributed by atoms with Crippen LogP contribution in [-0.4, -0.2) is 26.3 Å². The molecule has 10 heteroatoms. The molecule has 0 N–H and O–H groups in total. The van der Waals surface area contributed by atoms with Gasteiger partial charge in [-0.2, -0.15) is 21.6 Å². The van der Waals surface area contributed by atoms with Crippen LogP contribution in [0.3, 0.4) is 0 Å². The van der Waals surface area contributed by atoms with Crippen molar-refractivity contribution in [1.82, 2.24) is 4.98 Å². The lowest BCUT2D eigenvalue weighted by Crippen LogP contribution is -2.04. The van der Waals surface area contributed by atoms with Crippen LogP contribution in [0.5, 0.6) is 0 Å². The zero-order valence-electron chi connectivity index (χ0n) is 12.9. The molecule has 0 aliphatic rings. The highest BCUT2D eigenvalue weighted by Gasteiger charge is 2.30. The van der Waals surface area contributed by atoms with Gasteiger partial charge in [0.25, 0.3) is 10.1 Å². The van der Waals surface area contributed by atoms with E-state index in [0.717, 1.165) is 18.4 Å². The van der Waals surface area contributed by atoms with Gasteiger partial charge in [-0.25, -0.2) is 4.98 Å². The number of alkyl halides is 3. The highest BCUT2D eigenvalue weighted by molar-refractivity contribution is 9.10. The monoisotopic (exact) mass is 439 g/mol. The third kappa shape index (κ3) is 5.98. The van der Waals surface area contributed by atoms with Gasteiger partial charge in [0.05, 0.1) is 18.4 Å². The molecule has 1 aromatic heterocycles. The van der Waals surface area contributed by atoms with Gasteiger partial charge in [-0.3, -0.25) is 4.18 Å². The fourth-order valence-corrected chi connectivity index (χ4v) is 2.72. The third-order valence-electron chi connectivity index (χ3n) is 2.93. The normalized spacial score (nSPS) is 12.8. The predicted molar refractivity (Wildman–Crippen MR) is 89.1 cm³/mol. The first kappa shape index (κ1) is 19.7. The molecule has 0 bridgehead atoms. The highest BCUT2D eigenvalue weighted by Crippen LogP contribution is 2.33. The molecular formula is C15H13BrF3NO4S. The molecule has 0 aliphatic heterocycles. The van der Waals surface area contributed by atoms with Crippen molar-refractivity contribution in [3.05, 3.63) is 46.5 Å². The van der Waals surface area contributed by atoms with Crippen LogP contribution in [0.1, 0.15) is 17.9 Å². The Balaban J connectivity index is 2.07. The van der Waals surface area contributed by atoms with E-state index in [2.05, 4.69) is 25.1 Å². The lowest BCUT2D eigenvalue weighted by atomic mass is 10.1. The average Bonchev–Trinajstić information content (AvgIpc) is 2.86. The van der Waals surface area contributed by atoms with E-state index in [1.807, 2.05) is 0 Å². The number of hydrogen-bond donors (Lipinski definition) is 0. The van der Waals surface area contributed by atoms with Crippen molar-refractivity contribution in [3.63, 3.8) is 0 Å². The highest BCUT2D eigenvalue weighted by atomic mass is 79.9. The van der Waals surface area contributed by atoms with Gasteiger partial charge >= 0.3 is 6.18 Å². The van der Waals surface area contributed by atoms with Crippen LogP contribution >= 0.6 is 15.9 Å². The molecule has 0 aliphatic carbocycles. The van der Waals surface area contributed by atoms with Crippen molar-refractivity contribution < 1.29 is 30.2 Å². The van der Waals surface area contributed by atoms with E-state index < -0.39 is 21.9 Å². The Morgan fingerprint density at radius 1 is 1.28 bits per heavy atom. The first-order valence-electron chi connectivity index (χ1n) is 6.91. The summed E-state index contributed by atoms with van der Waals surface area (Å²) in [6, 6.07) is 4.54. The molecule has 136 valence electrons. The van der Waals surface area contributed by atoms with E-state index in [1.54, 1.807) is 6.08 Å². The summed E-state index contributed by atoms with van der Waals surface area (Å²) < 4.78 is 69.5. The van der Waals surface area contributed by atoms with Crippen LogP contribution in [0.4, 0.5) is 13.2 Å². The van der Waals surface area contributed by atoms with Crippen molar-refractivity contribution in [2.45, 2.75) is 12.6 Å². The Morgan fingerprint density at radius 2 is 1.92 bits per heavy atom. The number of oxazole rings is 1.